The minimum atomic E-state index is -0.454. The summed E-state index contributed by atoms with van der Waals surface area (Å²) in [6.07, 6.45) is 0.259. The molecule has 2 aromatic carbocycles. The van der Waals surface area contributed by atoms with E-state index in [0.717, 1.165) is 5.56 Å². The van der Waals surface area contributed by atoms with E-state index in [0.29, 0.717) is 17.9 Å². The van der Waals surface area contributed by atoms with Crippen LogP contribution in [0.1, 0.15) is 27.6 Å². The van der Waals surface area contributed by atoms with Crippen molar-refractivity contribution in [1.82, 2.24) is 15.5 Å². The molecule has 0 aliphatic rings. The molecule has 1 aromatic heterocycles. The lowest BCUT2D eigenvalue weighted by Crippen LogP contribution is -2.23. The Balaban J connectivity index is 1.65. The quantitative estimate of drug-likeness (QED) is 0.708. The molecule has 1 amide bonds. The summed E-state index contributed by atoms with van der Waals surface area (Å²) in [5, 5.41) is 16.3. The van der Waals surface area contributed by atoms with E-state index in [1.807, 2.05) is 30.3 Å². The highest BCUT2D eigenvalue weighted by molar-refractivity contribution is 6.37. The Hall–Kier alpha value is -2.57. The average molecular weight is 378 g/mol. The number of aromatic nitrogens is 2. The van der Waals surface area contributed by atoms with Gasteiger partial charge in [-0.25, -0.2) is 0 Å². The second-order valence-electron chi connectivity index (χ2n) is 5.27. The van der Waals surface area contributed by atoms with Gasteiger partial charge >= 0.3 is 11.8 Å². The molecular weight excluding hydrogens is 365 g/mol. The summed E-state index contributed by atoms with van der Waals surface area (Å²) < 4.78 is 4.98. The molecule has 128 valence electrons. The summed E-state index contributed by atoms with van der Waals surface area (Å²) in [5.41, 5.74) is 1.65. The predicted molar refractivity (Wildman–Crippen MR) is 92.8 cm³/mol. The van der Waals surface area contributed by atoms with Crippen LogP contribution in [-0.4, -0.2) is 21.2 Å². The fourth-order valence-electron chi connectivity index (χ4n) is 2.17. The molecule has 8 heteroatoms. The zero-order chi connectivity index (χ0) is 17.8. The minimum Gasteiger partial charge on any atom is -0.505 e. The smallest absolute Gasteiger partial charge is 0.315 e. The molecule has 0 radical (unpaired) electrons. The van der Waals surface area contributed by atoms with Gasteiger partial charge in [-0.3, -0.25) is 4.79 Å². The second kappa shape index (κ2) is 7.55. The molecule has 0 aliphatic carbocycles. The van der Waals surface area contributed by atoms with Crippen molar-refractivity contribution in [3.05, 3.63) is 75.4 Å². The van der Waals surface area contributed by atoms with E-state index in [1.54, 1.807) is 12.1 Å². The number of benzene rings is 2. The third kappa shape index (κ3) is 4.29. The van der Waals surface area contributed by atoms with E-state index < -0.39 is 5.91 Å². The normalized spacial score (nSPS) is 10.6. The average Bonchev–Trinajstić information content (AvgIpc) is 3.07. The Morgan fingerprint density at radius 2 is 1.80 bits per heavy atom. The number of phenols is 1. The van der Waals surface area contributed by atoms with Gasteiger partial charge in [-0.2, -0.15) is 4.98 Å². The largest absolute Gasteiger partial charge is 0.505 e. The fourth-order valence-corrected chi connectivity index (χ4v) is 2.71. The molecule has 0 saturated carbocycles. The molecule has 0 aliphatic heterocycles. The standard InChI is InChI=1S/C17H13Cl2N3O3/c18-12-6-11(7-13(19)15(12)23)8-14-21-17(25-22-14)16(24)20-9-10-4-2-1-3-5-10/h1-7,23H,8-9H2,(H,20,24). The molecular formula is C17H13Cl2N3O3. The maximum absolute atomic E-state index is 12.1. The number of phenolic OH excluding ortho intramolecular Hbond substituents is 1. The first kappa shape index (κ1) is 17.3. The van der Waals surface area contributed by atoms with Crippen molar-refractivity contribution in [2.45, 2.75) is 13.0 Å². The fraction of sp³-hybridized carbons (Fsp3) is 0.118. The maximum Gasteiger partial charge on any atom is 0.315 e. The molecule has 3 rings (SSSR count). The van der Waals surface area contributed by atoms with Crippen LogP contribution in [0.2, 0.25) is 10.0 Å². The van der Waals surface area contributed by atoms with Crippen LogP contribution in [0.5, 0.6) is 5.75 Å². The van der Waals surface area contributed by atoms with Crippen molar-refractivity contribution in [2.24, 2.45) is 0 Å². The van der Waals surface area contributed by atoms with E-state index in [2.05, 4.69) is 15.5 Å². The zero-order valence-corrected chi connectivity index (χ0v) is 14.4. The van der Waals surface area contributed by atoms with Crippen LogP contribution in [0.25, 0.3) is 0 Å². The number of rotatable bonds is 5. The number of carbonyl (C=O) groups excluding carboxylic acids is 1. The molecule has 0 bridgehead atoms. The second-order valence-corrected chi connectivity index (χ2v) is 6.08. The highest BCUT2D eigenvalue weighted by atomic mass is 35.5. The van der Waals surface area contributed by atoms with Crippen molar-refractivity contribution < 1.29 is 14.4 Å². The lowest BCUT2D eigenvalue weighted by atomic mass is 10.1. The van der Waals surface area contributed by atoms with Crippen LogP contribution in [0.4, 0.5) is 0 Å². The van der Waals surface area contributed by atoms with E-state index in [-0.39, 0.29) is 28.1 Å². The maximum atomic E-state index is 12.1. The number of halogens is 2. The van der Waals surface area contributed by atoms with Crippen molar-refractivity contribution in [3.8, 4) is 5.75 Å². The Morgan fingerprint density at radius 3 is 2.48 bits per heavy atom. The van der Waals surface area contributed by atoms with Crippen molar-refractivity contribution in [2.75, 3.05) is 0 Å². The SMILES string of the molecule is O=C(NCc1ccccc1)c1nc(Cc2cc(Cl)c(O)c(Cl)c2)no1. The minimum absolute atomic E-state index is 0.123. The molecule has 25 heavy (non-hydrogen) atoms. The van der Waals surface area contributed by atoms with Gasteiger partial charge in [0.25, 0.3) is 0 Å². The van der Waals surface area contributed by atoms with Crippen molar-refractivity contribution in [1.29, 1.82) is 0 Å². The topological polar surface area (TPSA) is 88.2 Å². The van der Waals surface area contributed by atoms with Gasteiger partial charge in [0.05, 0.1) is 10.0 Å². The van der Waals surface area contributed by atoms with Gasteiger partial charge in [0, 0.05) is 13.0 Å². The molecule has 1 heterocycles. The number of hydrogen-bond donors (Lipinski definition) is 2. The van der Waals surface area contributed by atoms with Gasteiger partial charge in [0.1, 0.15) is 0 Å². The summed E-state index contributed by atoms with van der Waals surface area (Å²) in [7, 11) is 0. The Bertz CT molecular complexity index is 874. The van der Waals surface area contributed by atoms with E-state index in [9.17, 15) is 9.90 Å². The first-order valence-electron chi connectivity index (χ1n) is 7.34. The van der Waals surface area contributed by atoms with E-state index in [1.165, 1.54) is 0 Å². The molecule has 0 atom stereocenters. The molecule has 0 fully saturated rings. The summed E-state index contributed by atoms with van der Waals surface area (Å²) >= 11 is 11.8. The Labute approximate surface area is 153 Å². The van der Waals surface area contributed by atoms with Crippen LogP contribution in [0.3, 0.4) is 0 Å². The van der Waals surface area contributed by atoms with Crippen LogP contribution in [-0.2, 0) is 13.0 Å². The van der Waals surface area contributed by atoms with Crippen LogP contribution < -0.4 is 5.32 Å². The number of nitrogens with zero attached hydrogens (tertiary/aromatic N) is 2. The number of carbonyl (C=O) groups is 1. The number of hydrogen-bond acceptors (Lipinski definition) is 5. The molecule has 0 unspecified atom stereocenters. The van der Waals surface area contributed by atoms with Gasteiger partial charge in [-0.15, -0.1) is 0 Å². The molecule has 2 N–H and O–H groups in total. The summed E-state index contributed by atoms with van der Waals surface area (Å²) in [6, 6.07) is 12.6. The van der Waals surface area contributed by atoms with Crippen molar-refractivity contribution in [3.63, 3.8) is 0 Å². The Kier molecular flexibility index (Phi) is 5.21. The highest BCUT2D eigenvalue weighted by Gasteiger charge is 2.16. The first-order valence-corrected chi connectivity index (χ1v) is 8.10. The van der Waals surface area contributed by atoms with Gasteiger partial charge in [-0.1, -0.05) is 58.7 Å². The van der Waals surface area contributed by atoms with Crippen molar-refractivity contribution >= 4 is 29.1 Å². The van der Waals surface area contributed by atoms with E-state index in [4.69, 9.17) is 27.7 Å². The van der Waals surface area contributed by atoms with Gasteiger partial charge in [0.2, 0.25) is 0 Å². The van der Waals surface area contributed by atoms with Crippen LogP contribution in [0, 0.1) is 0 Å². The summed E-state index contributed by atoms with van der Waals surface area (Å²) in [4.78, 5) is 16.1. The van der Waals surface area contributed by atoms with E-state index >= 15 is 0 Å². The number of amides is 1. The summed E-state index contributed by atoms with van der Waals surface area (Å²) in [6.45, 7) is 0.362. The van der Waals surface area contributed by atoms with Gasteiger partial charge < -0.3 is 14.9 Å². The molecule has 0 spiro atoms. The zero-order valence-electron chi connectivity index (χ0n) is 12.9. The lowest BCUT2D eigenvalue weighted by Gasteiger charge is -2.03. The molecule has 6 nitrogen and oxygen atoms in total. The van der Waals surface area contributed by atoms with Gasteiger partial charge in [0.15, 0.2) is 11.6 Å². The third-order valence-corrected chi connectivity index (χ3v) is 3.97. The monoisotopic (exact) mass is 377 g/mol. The summed E-state index contributed by atoms with van der Waals surface area (Å²) in [5.74, 6) is -0.449. The third-order valence-electron chi connectivity index (χ3n) is 3.40. The number of aromatic hydroxyl groups is 1. The van der Waals surface area contributed by atoms with Gasteiger partial charge in [-0.05, 0) is 23.3 Å². The highest BCUT2D eigenvalue weighted by Crippen LogP contribution is 2.33. The lowest BCUT2D eigenvalue weighted by molar-refractivity contribution is 0.0907. The number of nitrogens with one attached hydrogen (secondary N) is 1. The first-order chi connectivity index (χ1) is 12.0. The Morgan fingerprint density at radius 1 is 1.12 bits per heavy atom. The van der Waals surface area contributed by atoms with Crippen LogP contribution in [0.15, 0.2) is 47.0 Å². The molecule has 0 saturated heterocycles. The van der Waals surface area contributed by atoms with Crippen LogP contribution >= 0.6 is 23.2 Å². The predicted octanol–water partition coefficient (Wildman–Crippen LogP) is 3.60. The molecule has 3 aromatic rings.